The summed E-state index contributed by atoms with van der Waals surface area (Å²) >= 11 is 0. The van der Waals surface area contributed by atoms with E-state index < -0.39 is 0 Å². The Morgan fingerprint density at radius 3 is 2.68 bits per heavy atom. The van der Waals surface area contributed by atoms with E-state index in [0.717, 1.165) is 22.4 Å². The van der Waals surface area contributed by atoms with E-state index >= 15 is 0 Å². The van der Waals surface area contributed by atoms with E-state index in [0.29, 0.717) is 49.7 Å². The summed E-state index contributed by atoms with van der Waals surface area (Å²) in [6.07, 6.45) is 1.86. The van der Waals surface area contributed by atoms with Crippen LogP contribution >= 0.6 is 0 Å². The Balaban J connectivity index is 2.01. The van der Waals surface area contributed by atoms with E-state index in [9.17, 15) is 10.1 Å². The Morgan fingerprint density at radius 2 is 2.07 bits per heavy atom. The molecule has 8 nitrogen and oxygen atoms in total. The number of nitrogens with one attached hydrogen (secondary N) is 1. The summed E-state index contributed by atoms with van der Waals surface area (Å²) in [5, 5.41) is 11.8. The van der Waals surface area contributed by atoms with Crippen molar-refractivity contribution < 1.29 is 24.0 Å². The van der Waals surface area contributed by atoms with Gasteiger partial charge in [0.15, 0.2) is 0 Å². The van der Waals surface area contributed by atoms with E-state index in [-0.39, 0.29) is 22.6 Å². The predicted molar refractivity (Wildman–Crippen MR) is 103 cm³/mol. The summed E-state index contributed by atoms with van der Waals surface area (Å²) in [6.45, 7) is 8.51. The third kappa shape index (κ3) is 3.37. The molecule has 0 radical (unpaired) electrons. The van der Waals surface area contributed by atoms with Gasteiger partial charge in [-0.3, -0.25) is 20.4 Å². The summed E-state index contributed by atoms with van der Waals surface area (Å²) < 4.78 is 17.6. The van der Waals surface area contributed by atoms with Gasteiger partial charge in [-0.15, -0.1) is 0 Å². The van der Waals surface area contributed by atoms with E-state index in [4.69, 9.17) is 19.0 Å². The number of allylic oxidation sites excluding steroid dienone is 1. The summed E-state index contributed by atoms with van der Waals surface area (Å²) in [7, 11) is 1.55. The molecule has 1 aliphatic heterocycles. The zero-order valence-corrected chi connectivity index (χ0v) is 17.1. The molecule has 2 atom stereocenters. The van der Waals surface area contributed by atoms with Crippen LogP contribution in [-0.2, 0) is 20.7 Å². The van der Waals surface area contributed by atoms with Crippen LogP contribution in [0.25, 0.3) is 0 Å². The number of benzene rings is 1. The van der Waals surface area contributed by atoms with Crippen molar-refractivity contribution in [1.29, 1.82) is 0 Å². The third-order valence-corrected chi connectivity index (χ3v) is 5.53. The molecule has 28 heavy (non-hydrogen) atoms. The van der Waals surface area contributed by atoms with Gasteiger partial charge in [-0.2, -0.15) is 0 Å². The maximum absolute atomic E-state index is 11.8. The number of fused-ring (bicyclic) bond motifs is 3. The molecule has 1 saturated heterocycles. The fourth-order valence-corrected chi connectivity index (χ4v) is 4.32. The van der Waals surface area contributed by atoms with Crippen LogP contribution in [0.4, 0.5) is 5.69 Å². The number of nitro groups is 1. The number of nitrogens with zero attached hydrogens (tertiary/aromatic N) is 1. The second-order valence-corrected chi connectivity index (χ2v) is 7.05. The van der Waals surface area contributed by atoms with E-state index in [2.05, 4.69) is 5.48 Å². The lowest BCUT2D eigenvalue weighted by molar-refractivity contribution is -0.386. The average molecular weight is 392 g/mol. The average Bonchev–Trinajstić information content (AvgIpc) is 2.68. The van der Waals surface area contributed by atoms with Gasteiger partial charge in [-0.05, 0) is 51.2 Å². The molecule has 1 fully saturated rings. The van der Waals surface area contributed by atoms with Crippen LogP contribution in [0.5, 0.6) is 5.75 Å². The van der Waals surface area contributed by atoms with Crippen LogP contribution in [0.3, 0.4) is 0 Å². The minimum absolute atomic E-state index is 0.0779. The van der Waals surface area contributed by atoms with Crippen molar-refractivity contribution >= 4 is 5.69 Å². The number of rotatable bonds is 6. The molecule has 8 heteroatoms. The summed E-state index contributed by atoms with van der Waals surface area (Å²) in [5.41, 5.74) is 7.02. The summed E-state index contributed by atoms with van der Waals surface area (Å²) in [4.78, 5) is 16.8. The Hall–Kier alpha value is -2.48. The van der Waals surface area contributed by atoms with E-state index in [1.165, 1.54) is 0 Å². The lowest BCUT2D eigenvalue weighted by atomic mass is 9.76. The molecule has 3 rings (SSSR count). The number of methoxy groups -OCH3 is 1. The molecule has 1 aliphatic carbocycles. The Labute approximate surface area is 164 Å². The Bertz CT molecular complexity index is 805. The fourth-order valence-electron chi connectivity index (χ4n) is 4.32. The van der Waals surface area contributed by atoms with Crippen molar-refractivity contribution in [3.05, 3.63) is 44.0 Å². The highest BCUT2D eigenvalue weighted by molar-refractivity contribution is 5.64. The zero-order valence-electron chi connectivity index (χ0n) is 17.1. The molecule has 0 spiro atoms. The molecule has 1 N–H and O–H groups in total. The fraction of sp³-hybridized carbons (Fsp3) is 0.600. The number of ether oxygens (including phenoxy) is 3. The second kappa shape index (κ2) is 8.26. The van der Waals surface area contributed by atoms with Crippen molar-refractivity contribution in [2.75, 3.05) is 20.3 Å². The van der Waals surface area contributed by atoms with E-state index in [1.54, 1.807) is 14.0 Å². The maximum atomic E-state index is 11.8. The third-order valence-electron chi connectivity index (χ3n) is 5.53. The van der Waals surface area contributed by atoms with Crippen molar-refractivity contribution in [2.24, 2.45) is 0 Å². The molecule has 1 aromatic rings. The van der Waals surface area contributed by atoms with Gasteiger partial charge in [0.2, 0.25) is 0 Å². The highest BCUT2D eigenvalue weighted by Crippen LogP contribution is 2.48. The van der Waals surface area contributed by atoms with Gasteiger partial charge in [-0.1, -0.05) is 6.92 Å². The minimum Gasteiger partial charge on any atom is -0.496 e. The molecule has 0 saturated carbocycles. The summed E-state index contributed by atoms with van der Waals surface area (Å²) in [5.74, 6) is 0.942. The van der Waals surface area contributed by atoms with Crippen LogP contribution in [0.15, 0.2) is 11.6 Å². The van der Waals surface area contributed by atoms with Crippen molar-refractivity contribution in [1.82, 2.24) is 5.48 Å². The first-order valence-corrected chi connectivity index (χ1v) is 9.69. The monoisotopic (exact) mass is 392 g/mol. The van der Waals surface area contributed by atoms with Crippen LogP contribution < -0.4 is 10.2 Å². The number of hydrogen-bond donors (Lipinski definition) is 1. The number of nitro benzene ring substituents is 1. The van der Waals surface area contributed by atoms with Gasteiger partial charge in [0.05, 0.1) is 30.1 Å². The molecular formula is C20H28N2O6. The first-order valence-electron chi connectivity index (χ1n) is 9.69. The van der Waals surface area contributed by atoms with Crippen LogP contribution in [0.2, 0.25) is 0 Å². The zero-order chi connectivity index (χ0) is 20.4. The van der Waals surface area contributed by atoms with Gasteiger partial charge in [0.1, 0.15) is 24.2 Å². The van der Waals surface area contributed by atoms with Gasteiger partial charge in [0.25, 0.3) is 5.69 Å². The molecule has 1 heterocycles. The quantitative estimate of drug-likeness (QED) is 0.582. The maximum Gasteiger partial charge on any atom is 0.301 e. The molecule has 2 unspecified atom stereocenters. The lowest BCUT2D eigenvalue weighted by Gasteiger charge is -2.39. The van der Waals surface area contributed by atoms with Crippen LogP contribution in [0, 0.1) is 24.0 Å². The Morgan fingerprint density at radius 1 is 1.32 bits per heavy atom. The largest absolute Gasteiger partial charge is 0.496 e. The first-order chi connectivity index (χ1) is 13.4. The standard InChI is InChI=1S/C20H28N2O6/c1-6-15(21-27-7-2)20-26-10-14-16(28-20)9-8-13-17(14)11(3)19(25-5)12(4)18(13)22(23)24/h14,16,21H,6-10H2,1-5H3. The second-order valence-electron chi connectivity index (χ2n) is 7.05. The molecule has 0 bridgehead atoms. The smallest absolute Gasteiger partial charge is 0.301 e. The molecule has 1 aromatic carbocycles. The molecule has 0 aromatic heterocycles. The Kier molecular flexibility index (Phi) is 5.98. The lowest BCUT2D eigenvalue weighted by Crippen LogP contribution is -2.37. The van der Waals surface area contributed by atoms with Gasteiger partial charge in [0, 0.05) is 5.56 Å². The normalized spacial score (nSPS) is 22.3. The number of hydroxylamine groups is 1. The summed E-state index contributed by atoms with van der Waals surface area (Å²) in [6, 6.07) is 0. The molecule has 0 amide bonds. The number of hydrogen-bond acceptors (Lipinski definition) is 7. The van der Waals surface area contributed by atoms with Gasteiger partial charge >= 0.3 is 5.95 Å². The topological polar surface area (TPSA) is 92.1 Å². The molecule has 154 valence electrons. The van der Waals surface area contributed by atoms with Crippen LogP contribution in [0.1, 0.15) is 54.9 Å². The van der Waals surface area contributed by atoms with Crippen molar-refractivity contribution in [3.8, 4) is 5.75 Å². The van der Waals surface area contributed by atoms with Crippen molar-refractivity contribution in [2.45, 2.75) is 59.0 Å². The predicted octanol–water partition coefficient (Wildman–Crippen LogP) is 3.79. The SMILES string of the molecule is CCONC(CC)=C1OCC2c3c(C)c(OC)c(C)c([N+](=O)[O-])c3CCC2O1. The molecular weight excluding hydrogens is 364 g/mol. The van der Waals surface area contributed by atoms with E-state index in [1.807, 2.05) is 20.8 Å². The minimum atomic E-state index is -0.298. The first kappa shape index (κ1) is 20.3. The van der Waals surface area contributed by atoms with Crippen LogP contribution in [-0.4, -0.2) is 31.4 Å². The highest BCUT2D eigenvalue weighted by atomic mass is 16.7. The van der Waals surface area contributed by atoms with Gasteiger partial charge in [-0.25, -0.2) is 0 Å². The van der Waals surface area contributed by atoms with Gasteiger partial charge < -0.3 is 14.2 Å². The molecule has 2 aliphatic rings. The highest BCUT2D eigenvalue weighted by Gasteiger charge is 2.42. The van der Waals surface area contributed by atoms with Crippen molar-refractivity contribution in [3.63, 3.8) is 0 Å².